The molecule has 0 atom stereocenters. The van der Waals surface area contributed by atoms with Gasteiger partial charge in [0.05, 0.1) is 5.69 Å². The highest BCUT2D eigenvalue weighted by Gasteiger charge is 2.11. The van der Waals surface area contributed by atoms with Gasteiger partial charge in [-0.05, 0) is 29.8 Å². The summed E-state index contributed by atoms with van der Waals surface area (Å²) in [7, 11) is 1.51. The number of rotatable bonds is 1. The van der Waals surface area contributed by atoms with Crippen LogP contribution in [0.25, 0.3) is 5.69 Å². The van der Waals surface area contributed by atoms with Crippen molar-refractivity contribution in [2.45, 2.75) is 0 Å². The molecule has 16 heavy (non-hydrogen) atoms. The lowest BCUT2D eigenvalue weighted by molar-refractivity contribution is 0.726. The van der Waals surface area contributed by atoms with E-state index < -0.39 is 0 Å². The van der Waals surface area contributed by atoms with Gasteiger partial charge in [-0.15, -0.1) is 5.10 Å². The molecule has 0 aliphatic carbocycles. The summed E-state index contributed by atoms with van der Waals surface area (Å²) < 4.78 is 2.36. The smallest absolute Gasteiger partial charge is 0.246 e. The molecule has 0 amide bonds. The van der Waals surface area contributed by atoms with Crippen molar-refractivity contribution < 1.29 is 0 Å². The lowest BCUT2D eigenvalue weighted by atomic mass is 10.3. The van der Waals surface area contributed by atoms with Gasteiger partial charge < -0.3 is 0 Å². The number of halogens is 3. The Balaban J connectivity index is 2.72. The molecule has 84 valence electrons. The summed E-state index contributed by atoms with van der Waals surface area (Å²) in [4.78, 5) is 11.7. The molecule has 0 aliphatic rings. The molecule has 0 bridgehead atoms. The van der Waals surface area contributed by atoms with Crippen LogP contribution in [0.3, 0.4) is 0 Å². The first-order valence-corrected chi connectivity index (χ1v) is 5.40. The largest absolute Gasteiger partial charge is 0.351 e. The summed E-state index contributed by atoms with van der Waals surface area (Å²) in [6.07, 6.45) is 0. The molecule has 0 aliphatic heterocycles. The lowest BCUT2D eigenvalue weighted by Crippen LogP contribution is -2.21. The fourth-order valence-electron chi connectivity index (χ4n) is 1.32. The Kier molecular flexibility index (Phi) is 2.97. The van der Waals surface area contributed by atoms with Gasteiger partial charge in [0.25, 0.3) is 0 Å². The fourth-order valence-corrected chi connectivity index (χ4v) is 2.12. The van der Waals surface area contributed by atoms with Crippen molar-refractivity contribution in [2.75, 3.05) is 0 Å². The van der Waals surface area contributed by atoms with Crippen LogP contribution in [0.1, 0.15) is 0 Å². The zero-order valence-electron chi connectivity index (χ0n) is 8.12. The van der Waals surface area contributed by atoms with Crippen LogP contribution >= 0.6 is 34.8 Å². The van der Waals surface area contributed by atoms with Gasteiger partial charge in [-0.1, -0.05) is 23.2 Å². The number of benzene rings is 1. The predicted molar refractivity (Wildman–Crippen MR) is 63.8 cm³/mol. The quantitative estimate of drug-likeness (QED) is 0.804. The van der Waals surface area contributed by atoms with E-state index in [0.29, 0.717) is 15.7 Å². The van der Waals surface area contributed by atoms with Crippen molar-refractivity contribution in [3.05, 3.63) is 44.0 Å². The van der Waals surface area contributed by atoms with E-state index in [4.69, 9.17) is 34.8 Å². The van der Waals surface area contributed by atoms with Crippen molar-refractivity contribution in [1.82, 2.24) is 14.3 Å². The van der Waals surface area contributed by atoms with Gasteiger partial charge >= 0.3 is 5.69 Å². The average molecular weight is 279 g/mol. The van der Waals surface area contributed by atoms with Crippen LogP contribution in [0.5, 0.6) is 0 Å². The Hall–Kier alpha value is -0.970. The first-order chi connectivity index (χ1) is 7.49. The molecule has 0 spiro atoms. The molecule has 2 rings (SSSR count). The van der Waals surface area contributed by atoms with Gasteiger partial charge in [0.2, 0.25) is 5.28 Å². The summed E-state index contributed by atoms with van der Waals surface area (Å²) in [5.74, 6) is 0. The second kappa shape index (κ2) is 4.13. The zero-order chi connectivity index (χ0) is 11.9. The van der Waals surface area contributed by atoms with Crippen molar-refractivity contribution in [3.8, 4) is 5.69 Å². The van der Waals surface area contributed by atoms with Crippen LogP contribution < -0.4 is 5.69 Å². The fraction of sp³-hybridized carbons (Fsp3) is 0.111. The maximum atomic E-state index is 11.7. The van der Waals surface area contributed by atoms with Crippen LogP contribution in [0.2, 0.25) is 15.3 Å². The number of nitrogens with zero attached hydrogens (tertiary/aromatic N) is 3. The van der Waals surface area contributed by atoms with Crippen LogP contribution in [-0.4, -0.2) is 14.3 Å². The molecule has 0 saturated carbocycles. The minimum absolute atomic E-state index is 0.0610. The molecule has 0 fully saturated rings. The predicted octanol–water partition coefficient (Wildman–Crippen LogP) is 2.53. The molecule has 1 aromatic carbocycles. The van der Waals surface area contributed by atoms with Gasteiger partial charge in [-0.2, -0.15) is 0 Å². The molecular weight excluding hydrogens is 272 g/mol. The van der Waals surface area contributed by atoms with Gasteiger partial charge in [0.1, 0.15) is 0 Å². The molecule has 2 aromatic rings. The monoisotopic (exact) mass is 277 g/mol. The highest BCUT2D eigenvalue weighted by molar-refractivity contribution is 6.35. The van der Waals surface area contributed by atoms with Gasteiger partial charge in [-0.3, -0.25) is 0 Å². The Labute approximate surface area is 106 Å². The van der Waals surface area contributed by atoms with Crippen molar-refractivity contribution in [2.24, 2.45) is 7.05 Å². The van der Waals surface area contributed by atoms with E-state index in [9.17, 15) is 4.79 Å². The summed E-state index contributed by atoms with van der Waals surface area (Å²) in [6.45, 7) is 0. The zero-order valence-corrected chi connectivity index (χ0v) is 10.4. The third-order valence-electron chi connectivity index (χ3n) is 1.99. The van der Waals surface area contributed by atoms with E-state index in [-0.39, 0.29) is 11.0 Å². The summed E-state index contributed by atoms with van der Waals surface area (Å²) in [6, 6.07) is 4.74. The minimum Gasteiger partial charge on any atom is -0.246 e. The summed E-state index contributed by atoms with van der Waals surface area (Å²) >= 11 is 17.5. The first-order valence-electron chi connectivity index (χ1n) is 4.27. The Morgan fingerprint density at radius 1 is 1.12 bits per heavy atom. The second-order valence-corrected chi connectivity index (χ2v) is 4.35. The maximum absolute atomic E-state index is 11.7. The maximum Gasteiger partial charge on any atom is 0.351 e. The second-order valence-electron chi connectivity index (χ2n) is 3.14. The molecule has 1 heterocycles. The highest BCUT2D eigenvalue weighted by Crippen LogP contribution is 2.22. The number of hydrogen-bond donors (Lipinski definition) is 0. The molecule has 0 N–H and O–H groups in total. The highest BCUT2D eigenvalue weighted by atomic mass is 35.5. The molecular formula is C9H6Cl3N3O. The van der Waals surface area contributed by atoms with Crippen LogP contribution in [-0.2, 0) is 7.05 Å². The normalized spacial score (nSPS) is 10.8. The van der Waals surface area contributed by atoms with Crippen LogP contribution in [0, 0.1) is 0 Å². The van der Waals surface area contributed by atoms with E-state index in [1.807, 2.05) is 0 Å². The third-order valence-corrected chi connectivity index (χ3v) is 2.67. The van der Waals surface area contributed by atoms with E-state index in [1.165, 1.54) is 11.6 Å². The third kappa shape index (κ3) is 1.96. The topological polar surface area (TPSA) is 39.8 Å². The standard InChI is InChI=1S/C9H6Cl3N3O/c1-14-9(16)15(8(12)13-14)7-3-5(10)2-6(11)4-7/h2-4H,1H3. The van der Waals surface area contributed by atoms with E-state index in [1.54, 1.807) is 18.2 Å². The molecule has 7 heteroatoms. The Bertz CT molecular complexity index is 582. The van der Waals surface area contributed by atoms with E-state index in [0.717, 1.165) is 4.68 Å². The van der Waals surface area contributed by atoms with Gasteiger partial charge in [0, 0.05) is 17.1 Å². The van der Waals surface area contributed by atoms with Crippen LogP contribution in [0.4, 0.5) is 0 Å². The first kappa shape index (κ1) is 11.5. The Morgan fingerprint density at radius 3 is 2.12 bits per heavy atom. The Morgan fingerprint density at radius 2 is 1.69 bits per heavy atom. The van der Waals surface area contributed by atoms with Crippen molar-refractivity contribution in [1.29, 1.82) is 0 Å². The molecule has 0 radical (unpaired) electrons. The van der Waals surface area contributed by atoms with Gasteiger partial charge in [-0.25, -0.2) is 14.0 Å². The lowest BCUT2D eigenvalue weighted by Gasteiger charge is -2.03. The average Bonchev–Trinajstić information content (AvgIpc) is 2.39. The van der Waals surface area contributed by atoms with Crippen molar-refractivity contribution in [3.63, 3.8) is 0 Å². The van der Waals surface area contributed by atoms with Crippen LogP contribution in [0.15, 0.2) is 23.0 Å². The van der Waals surface area contributed by atoms with Gasteiger partial charge in [0.15, 0.2) is 0 Å². The summed E-state index contributed by atoms with van der Waals surface area (Å²) in [5.41, 5.74) is 0.129. The SMILES string of the molecule is Cn1nc(Cl)n(-c2cc(Cl)cc(Cl)c2)c1=O. The van der Waals surface area contributed by atoms with E-state index in [2.05, 4.69) is 5.10 Å². The molecule has 4 nitrogen and oxygen atoms in total. The minimum atomic E-state index is -0.358. The molecule has 0 saturated heterocycles. The number of hydrogen-bond acceptors (Lipinski definition) is 2. The van der Waals surface area contributed by atoms with Crippen molar-refractivity contribution >= 4 is 34.8 Å². The molecule has 1 aromatic heterocycles. The number of aromatic nitrogens is 3. The summed E-state index contributed by atoms with van der Waals surface area (Å²) in [5, 5.41) is 4.70. The van der Waals surface area contributed by atoms with E-state index >= 15 is 0 Å². The number of aryl methyl sites for hydroxylation is 1. The molecule has 0 unspecified atom stereocenters.